The minimum Gasteiger partial charge on any atom is -0.462 e. The van der Waals surface area contributed by atoms with Gasteiger partial charge in [0.15, 0.2) is 0 Å². The Balaban J connectivity index is 1.77. The van der Waals surface area contributed by atoms with E-state index in [1.165, 1.54) is 12.1 Å². The number of hydrogen-bond donors (Lipinski definition) is 2. The van der Waals surface area contributed by atoms with Crippen molar-refractivity contribution >= 4 is 17.8 Å². The van der Waals surface area contributed by atoms with Crippen LogP contribution in [-0.2, 0) is 30.5 Å². The fourth-order valence-corrected chi connectivity index (χ4v) is 4.75. The van der Waals surface area contributed by atoms with Crippen LogP contribution >= 0.6 is 0 Å². The van der Waals surface area contributed by atoms with Crippen molar-refractivity contribution < 1.29 is 23.5 Å². The molecule has 2 amide bonds. The van der Waals surface area contributed by atoms with E-state index in [1.54, 1.807) is 61.8 Å². The molecule has 2 heterocycles. The highest BCUT2D eigenvalue weighted by molar-refractivity contribution is 6.08. The van der Waals surface area contributed by atoms with Gasteiger partial charge in [-0.2, -0.15) is 0 Å². The molecule has 42 heavy (non-hydrogen) atoms. The average molecular weight is 569 g/mol. The number of carbonyl (C=O) groups is 3. The predicted octanol–water partition coefficient (Wildman–Crippen LogP) is 5.23. The summed E-state index contributed by atoms with van der Waals surface area (Å²) in [5.41, 5.74) is 10.1. The molecule has 0 unspecified atom stereocenters. The van der Waals surface area contributed by atoms with Crippen molar-refractivity contribution in [3.63, 3.8) is 0 Å². The molecule has 0 bridgehead atoms. The van der Waals surface area contributed by atoms with Gasteiger partial charge in [0, 0.05) is 30.1 Å². The van der Waals surface area contributed by atoms with Gasteiger partial charge in [-0.3, -0.25) is 19.6 Å². The maximum atomic E-state index is 13.5. The van der Waals surface area contributed by atoms with E-state index in [-0.39, 0.29) is 29.5 Å². The van der Waals surface area contributed by atoms with Gasteiger partial charge in [0.25, 0.3) is 11.8 Å². The number of primary amides is 1. The monoisotopic (exact) mass is 568 g/mol. The Bertz CT molecular complexity index is 1560. The Morgan fingerprint density at radius 2 is 1.60 bits per heavy atom. The van der Waals surface area contributed by atoms with Gasteiger partial charge >= 0.3 is 5.97 Å². The van der Waals surface area contributed by atoms with Crippen LogP contribution in [-0.4, -0.2) is 34.4 Å². The number of rotatable bonds is 12. The minimum atomic E-state index is -0.713. The average Bonchev–Trinajstić information content (AvgIpc) is 3.00. The summed E-state index contributed by atoms with van der Waals surface area (Å²) in [5.74, 6) is -1.96. The zero-order valence-corrected chi connectivity index (χ0v) is 23.7. The molecule has 4 aromatic rings. The number of ether oxygens (including phenoxy) is 1. The number of halogens is 1. The zero-order valence-electron chi connectivity index (χ0n) is 23.7. The number of pyridine rings is 2. The quantitative estimate of drug-likeness (QED) is 0.226. The number of nitrogens with one attached hydrogen (secondary N) is 1. The van der Waals surface area contributed by atoms with Crippen molar-refractivity contribution in [2.45, 2.75) is 46.1 Å². The first kappa shape index (κ1) is 30.0. The normalized spacial score (nSPS) is 10.7. The van der Waals surface area contributed by atoms with Crippen molar-refractivity contribution in [1.29, 1.82) is 0 Å². The van der Waals surface area contributed by atoms with Crippen LogP contribution in [0.1, 0.15) is 73.9 Å². The van der Waals surface area contributed by atoms with Crippen LogP contribution in [0.5, 0.6) is 0 Å². The number of benzene rings is 2. The summed E-state index contributed by atoms with van der Waals surface area (Å²) in [5, 5.41) is 2.86. The molecule has 0 saturated heterocycles. The summed E-state index contributed by atoms with van der Waals surface area (Å²) < 4.78 is 18.9. The standard InChI is InChI=1S/C33H33FN4O4/c1-3-6-26-29(31(35)39)28(23-11-13-24(14-12-23)32(40)37-20-22-7-5-18-36-19-22)30(33(41)42-4-2)27(38-26)17-10-21-8-15-25(34)16-9-21/h5,7-9,11-16,18-19H,3-4,6,10,17,20H2,1-2H3,(H2,35,39)(H,37,40). The Labute approximate surface area is 244 Å². The second-order valence-electron chi connectivity index (χ2n) is 9.71. The highest BCUT2D eigenvalue weighted by Gasteiger charge is 2.28. The molecule has 0 aliphatic rings. The number of aryl methyl sites for hydroxylation is 3. The Hall–Kier alpha value is -4.92. The van der Waals surface area contributed by atoms with Gasteiger partial charge in [-0.25, -0.2) is 9.18 Å². The summed E-state index contributed by atoms with van der Waals surface area (Å²) in [6, 6.07) is 16.4. The topological polar surface area (TPSA) is 124 Å². The first-order valence-electron chi connectivity index (χ1n) is 13.9. The van der Waals surface area contributed by atoms with E-state index in [0.717, 1.165) is 11.1 Å². The lowest BCUT2D eigenvalue weighted by Gasteiger charge is -2.20. The highest BCUT2D eigenvalue weighted by atomic mass is 19.1. The van der Waals surface area contributed by atoms with Crippen molar-refractivity contribution in [3.8, 4) is 11.1 Å². The van der Waals surface area contributed by atoms with Crippen LogP contribution in [0.15, 0.2) is 73.1 Å². The fraction of sp³-hybridized carbons (Fsp3) is 0.242. The number of nitrogens with zero attached hydrogens (tertiary/aromatic N) is 2. The Kier molecular flexibility index (Phi) is 10.1. The first-order valence-corrected chi connectivity index (χ1v) is 13.9. The number of amides is 2. The molecule has 0 aliphatic carbocycles. The molecule has 3 N–H and O–H groups in total. The van der Waals surface area contributed by atoms with E-state index in [4.69, 9.17) is 15.5 Å². The second-order valence-corrected chi connectivity index (χ2v) is 9.71. The molecular weight excluding hydrogens is 535 g/mol. The van der Waals surface area contributed by atoms with Gasteiger partial charge in [0.05, 0.1) is 29.1 Å². The van der Waals surface area contributed by atoms with Gasteiger partial charge < -0.3 is 15.8 Å². The lowest BCUT2D eigenvalue weighted by molar-refractivity contribution is 0.0525. The van der Waals surface area contributed by atoms with Gasteiger partial charge in [-0.1, -0.05) is 43.7 Å². The van der Waals surface area contributed by atoms with E-state index in [1.807, 2.05) is 13.0 Å². The van der Waals surface area contributed by atoms with Crippen LogP contribution in [0.3, 0.4) is 0 Å². The fourth-order valence-electron chi connectivity index (χ4n) is 4.75. The van der Waals surface area contributed by atoms with Crippen LogP contribution in [0, 0.1) is 5.82 Å². The molecule has 216 valence electrons. The third kappa shape index (κ3) is 7.23. The maximum Gasteiger partial charge on any atom is 0.340 e. The summed E-state index contributed by atoms with van der Waals surface area (Å²) in [7, 11) is 0. The van der Waals surface area contributed by atoms with Crippen LogP contribution in [0.2, 0.25) is 0 Å². The van der Waals surface area contributed by atoms with Crippen LogP contribution in [0.4, 0.5) is 4.39 Å². The summed E-state index contributed by atoms with van der Waals surface area (Å²) in [4.78, 5) is 47.9. The van der Waals surface area contributed by atoms with Gasteiger partial charge in [0.2, 0.25) is 0 Å². The van der Waals surface area contributed by atoms with Gasteiger partial charge in [-0.15, -0.1) is 0 Å². The van der Waals surface area contributed by atoms with E-state index in [2.05, 4.69) is 10.3 Å². The lowest BCUT2D eigenvalue weighted by atomic mass is 9.89. The Morgan fingerprint density at radius 1 is 0.881 bits per heavy atom. The molecule has 0 fully saturated rings. The molecular formula is C33H33FN4O4. The molecule has 4 rings (SSSR count). The molecule has 8 nitrogen and oxygen atoms in total. The molecule has 0 atom stereocenters. The highest BCUT2D eigenvalue weighted by Crippen LogP contribution is 2.33. The van der Waals surface area contributed by atoms with E-state index in [9.17, 15) is 18.8 Å². The third-order valence-electron chi connectivity index (χ3n) is 6.74. The molecule has 9 heteroatoms. The molecule has 2 aromatic heterocycles. The van der Waals surface area contributed by atoms with Crippen molar-refractivity contribution in [1.82, 2.24) is 15.3 Å². The van der Waals surface area contributed by atoms with Crippen LogP contribution in [0.25, 0.3) is 11.1 Å². The number of nitrogens with two attached hydrogens (primary N) is 1. The van der Waals surface area contributed by atoms with E-state index < -0.39 is 11.9 Å². The maximum absolute atomic E-state index is 13.5. The Morgan fingerprint density at radius 3 is 2.21 bits per heavy atom. The van der Waals surface area contributed by atoms with E-state index >= 15 is 0 Å². The lowest BCUT2D eigenvalue weighted by Crippen LogP contribution is -2.23. The zero-order chi connectivity index (χ0) is 30.1. The summed E-state index contributed by atoms with van der Waals surface area (Å²) in [6.45, 7) is 4.09. The third-order valence-corrected chi connectivity index (χ3v) is 6.74. The van der Waals surface area contributed by atoms with Crippen molar-refractivity contribution in [3.05, 3.63) is 118 Å². The first-order chi connectivity index (χ1) is 20.3. The molecule has 0 saturated carbocycles. The summed E-state index contributed by atoms with van der Waals surface area (Å²) >= 11 is 0. The molecule has 2 aromatic carbocycles. The molecule has 0 spiro atoms. The van der Waals surface area contributed by atoms with Crippen LogP contribution < -0.4 is 11.1 Å². The number of hydrogen-bond acceptors (Lipinski definition) is 6. The number of esters is 1. The van der Waals surface area contributed by atoms with Gasteiger partial charge in [0.1, 0.15) is 5.82 Å². The van der Waals surface area contributed by atoms with Gasteiger partial charge in [-0.05, 0) is 73.2 Å². The number of carbonyl (C=O) groups excluding carboxylic acids is 3. The SMILES string of the molecule is CCCc1nc(CCc2ccc(F)cc2)c(C(=O)OCC)c(-c2ccc(C(=O)NCc3cccnc3)cc2)c1C(N)=O. The number of aromatic nitrogens is 2. The van der Waals surface area contributed by atoms with E-state index in [0.29, 0.717) is 60.3 Å². The minimum absolute atomic E-state index is 0.119. The predicted molar refractivity (Wildman–Crippen MR) is 157 cm³/mol. The van der Waals surface area contributed by atoms with Crippen molar-refractivity contribution in [2.75, 3.05) is 6.61 Å². The molecule has 0 aliphatic heterocycles. The smallest absolute Gasteiger partial charge is 0.340 e. The van der Waals surface area contributed by atoms with Crippen molar-refractivity contribution in [2.24, 2.45) is 5.73 Å². The molecule has 0 radical (unpaired) electrons. The second kappa shape index (κ2) is 14.1. The summed E-state index contributed by atoms with van der Waals surface area (Å²) in [6.07, 6.45) is 5.32. The largest absolute Gasteiger partial charge is 0.462 e.